The van der Waals surface area contributed by atoms with E-state index < -0.39 is 41.9 Å². The van der Waals surface area contributed by atoms with Gasteiger partial charge in [-0.05, 0) is 35.1 Å². The number of amides is 3. The lowest BCUT2D eigenvalue weighted by molar-refractivity contribution is -0.150. The maximum atomic E-state index is 13.2. The molecule has 1 saturated carbocycles. The van der Waals surface area contributed by atoms with Crippen LogP contribution in [0, 0.1) is 0 Å². The van der Waals surface area contributed by atoms with Crippen LogP contribution in [-0.4, -0.2) is 65.2 Å². The van der Waals surface area contributed by atoms with E-state index in [1.165, 1.54) is 4.90 Å². The molecule has 2 aliphatic carbocycles. The summed E-state index contributed by atoms with van der Waals surface area (Å²) in [5.41, 5.74) is 3.26. The third kappa shape index (κ3) is 3.87. The molecule has 1 aliphatic heterocycles. The van der Waals surface area contributed by atoms with Gasteiger partial charge >= 0.3 is 12.1 Å². The summed E-state index contributed by atoms with van der Waals surface area (Å²) < 4.78 is 5.57. The Labute approximate surface area is 196 Å². The highest BCUT2D eigenvalue weighted by Crippen LogP contribution is 2.44. The molecule has 1 saturated heterocycles. The Morgan fingerprint density at radius 3 is 2.26 bits per heavy atom. The van der Waals surface area contributed by atoms with Gasteiger partial charge in [0.05, 0.1) is 6.42 Å². The number of carboxylic acids is 1. The van der Waals surface area contributed by atoms with Crippen LogP contribution in [0.15, 0.2) is 48.5 Å². The monoisotopic (exact) mass is 463 g/mol. The smallest absolute Gasteiger partial charge is 0.408 e. The number of aliphatic carboxylic acids is 1. The Morgan fingerprint density at radius 2 is 1.68 bits per heavy atom. The third-order valence-electron chi connectivity index (χ3n) is 6.80. The topological polar surface area (TPSA) is 125 Å². The minimum absolute atomic E-state index is 0.102. The molecule has 0 spiro atoms. The van der Waals surface area contributed by atoms with Crippen LogP contribution in [0.3, 0.4) is 0 Å². The number of hydrogen-bond acceptors (Lipinski definition) is 5. The second kappa shape index (κ2) is 8.48. The first-order valence-corrected chi connectivity index (χ1v) is 11.3. The van der Waals surface area contributed by atoms with Crippen LogP contribution in [-0.2, 0) is 19.1 Å². The third-order valence-corrected chi connectivity index (χ3v) is 6.80. The second-order valence-electron chi connectivity index (χ2n) is 8.94. The Kier molecular flexibility index (Phi) is 5.47. The second-order valence-corrected chi connectivity index (χ2v) is 8.94. The molecule has 2 fully saturated rings. The number of nitrogens with zero attached hydrogens (tertiary/aromatic N) is 1. The molecule has 176 valence electrons. The molecule has 0 bridgehead atoms. The normalized spacial score (nSPS) is 20.1. The summed E-state index contributed by atoms with van der Waals surface area (Å²) in [4.78, 5) is 50.6. The molecule has 1 heterocycles. The molecule has 3 N–H and O–H groups in total. The van der Waals surface area contributed by atoms with Crippen molar-refractivity contribution in [3.8, 4) is 11.1 Å². The van der Waals surface area contributed by atoms with Crippen LogP contribution < -0.4 is 10.6 Å². The lowest BCUT2D eigenvalue weighted by Gasteiger charge is -2.36. The van der Waals surface area contributed by atoms with Crippen molar-refractivity contribution in [1.29, 1.82) is 0 Å². The standard InChI is InChI=1S/C25H25N3O6/c29-21(30)13-20-22(31)26-11-12-28(20)23(32)25(9-10-25)27-24(33)34-14-19-17-7-3-1-5-15(17)16-6-2-4-8-18(16)19/h1-8,19-20H,9-14H2,(H,26,31)(H,27,33)(H,29,30). The van der Waals surface area contributed by atoms with E-state index in [1.54, 1.807) is 0 Å². The van der Waals surface area contributed by atoms with E-state index in [9.17, 15) is 19.2 Å². The van der Waals surface area contributed by atoms with Gasteiger partial charge in [-0.1, -0.05) is 48.5 Å². The van der Waals surface area contributed by atoms with Crippen molar-refractivity contribution >= 4 is 23.9 Å². The van der Waals surface area contributed by atoms with Crippen LogP contribution in [0.5, 0.6) is 0 Å². The number of fused-ring (bicyclic) bond motifs is 3. The minimum Gasteiger partial charge on any atom is -0.481 e. The molecule has 3 amide bonds. The molecule has 9 nitrogen and oxygen atoms in total. The van der Waals surface area contributed by atoms with Crippen LogP contribution in [0.1, 0.15) is 36.3 Å². The highest BCUT2D eigenvalue weighted by molar-refractivity contribution is 5.98. The summed E-state index contributed by atoms with van der Waals surface area (Å²) in [6, 6.07) is 14.9. The van der Waals surface area contributed by atoms with E-state index >= 15 is 0 Å². The van der Waals surface area contributed by atoms with Crippen molar-refractivity contribution < 1.29 is 29.0 Å². The first-order valence-electron chi connectivity index (χ1n) is 11.3. The van der Waals surface area contributed by atoms with E-state index in [2.05, 4.69) is 22.8 Å². The van der Waals surface area contributed by atoms with Gasteiger partial charge in [0.15, 0.2) is 0 Å². The fourth-order valence-corrected chi connectivity index (χ4v) is 4.95. The van der Waals surface area contributed by atoms with Gasteiger partial charge < -0.3 is 25.4 Å². The highest BCUT2D eigenvalue weighted by atomic mass is 16.5. The highest BCUT2D eigenvalue weighted by Gasteiger charge is 2.55. The van der Waals surface area contributed by atoms with Crippen LogP contribution in [0.4, 0.5) is 4.79 Å². The fraction of sp³-hybridized carbons (Fsp3) is 0.360. The molecule has 34 heavy (non-hydrogen) atoms. The lowest BCUT2D eigenvalue weighted by atomic mass is 9.98. The zero-order valence-corrected chi connectivity index (χ0v) is 18.5. The molecule has 1 unspecified atom stereocenters. The number of alkyl carbamates (subject to hydrolysis) is 1. The van der Waals surface area contributed by atoms with Crippen molar-refractivity contribution in [2.24, 2.45) is 0 Å². The van der Waals surface area contributed by atoms with Gasteiger partial charge in [-0.25, -0.2) is 4.79 Å². The number of carbonyl (C=O) groups is 4. The molecule has 2 aromatic carbocycles. The molecule has 5 rings (SSSR count). The molecule has 1 atom stereocenters. The Hall–Kier alpha value is -3.88. The number of hydrogen-bond donors (Lipinski definition) is 3. The van der Waals surface area contributed by atoms with Crippen LogP contribution in [0.2, 0.25) is 0 Å². The van der Waals surface area contributed by atoms with Crippen LogP contribution >= 0.6 is 0 Å². The number of rotatable bonds is 6. The van der Waals surface area contributed by atoms with Crippen molar-refractivity contribution in [3.05, 3.63) is 59.7 Å². The van der Waals surface area contributed by atoms with Gasteiger partial charge in [-0.2, -0.15) is 0 Å². The molecular formula is C25H25N3O6. The van der Waals surface area contributed by atoms with E-state index in [-0.39, 0.29) is 25.6 Å². The zero-order valence-electron chi connectivity index (χ0n) is 18.5. The van der Waals surface area contributed by atoms with Crippen molar-refractivity contribution in [2.45, 2.75) is 36.8 Å². The Morgan fingerprint density at radius 1 is 1.06 bits per heavy atom. The molecular weight excluding hydrogens is 438 g/mol. The van der Waals surface area contributed by atoms with Gasteiger partial charge in [0.25, 0.3) is 0 Å². The largest absolute Gasteiger partial charge is 0.481 e. The predicted molar refractivity (Wildman–Crippen MR) is 121 cm³/mol. The number of carboxylic acid groups (broad SMARTS) is 1. The van der Waals surface area contributed by atoms with E-state index in [1.807, 2.05) is 36.4 Å². The number of ether oxygens (including phenoxy) is 1. The first kappa shape index (κ1) is 21.9. The maximum absolute atomic E-state index is 13.2. The Balaban J connectivity index is 1.26. The molecule has 3 aliphatic rings. The van der Waals surface area contributed by atoms with Gasteiger partial charge in [-0.15, -0.1) is 0 Å². The minimum atomic E-state index is -1.17. The van der Waals surface area contributed by atoms with Gasteiger partial charge in [0.1, 0.15) is 18.2 Å². The number of benzene rings is 2. The zero-order chi connectivity index (χ0) is 23.9. The average Bonchev–Trinajstić information content (AvgIpc) is 3.53. The van der Waals surface area contributed by atoms with Crippen molar-refractivity contribution in [2.75, 3.05) is 19.7 Å². The van der Waals surface area contributed by atoms with Gasteiger partial charge in [0.2, 0.25) is 11.8 Å². The summed E-state index contributed by atoms with van der Waals surface area (Å²) in [5.74, 6) is -2.22. The van der Waals surface area contributed by atoms with Crippen molar-refractivity contribution in [1.82, 2.24) is 15.5 Å². The summed E-state index contributed by atoms with van der Waals surface area (Å²) in [6.07, 6.45) is -0.371. The van der Waals surface area contributed by atoms with E-state index in [4.69, 9.17) is 9.84 Å². The van der Waals surface area contributed by atoms with Crippen LogP contribution in [0.25, 0.3) is 11.1 Å². The summed E-state index contributed by atoms with van der Waals surface area (Å²) in [5, 5.41) is 14.4. The van der Waals surface area contributed by atoms with Gasteiger partial charge in [0, 0.05) is 19.0 Å². The quantitative estimate of drug-likeness (QED) is 0.601. The summed E-state index contributed by atoms with van der Waals surface area (Å²) >= 11 is 0. The lowest BCUT2D eigenvalue weighted by Crippen LogP contribution is -2.62. The van der Waals surface area contributed by atoms with E-state index in [0.717, 1.165) is 22.3 Å². The summed E-state index contributed by atoms with van der Waals surface area (Å²) in [7, 11) is 0. The number of nitrogens with one attached hydrogen (secondary N) is 2. The number of carbonyl (C=O) groups excluding carboxylic acids is 3. The van der Waals surface area contributed by atoms with Gasteiger partial charge in [-0.3, -0.25) is 14.4 Å². The first-order chi connectivity index (χ1) is 16.4. The molecule has 0 aromatic heterocycles. The number of piperazine rings is 1. The maximum Gasteiger partial charge on any atom is 0.408 e. The molecule has 2 aromatic rings. The van der Waals surface area contributed by atoms with E-state index in [0.29, 0.717) is 12.8 Å². The Bertz CT molecular complexity index is 1130. The van der Waals surface area contributed by atoms with Crippen molar-refractivity contribution in [3.63, 3.8) is 0 Å². The summed E-state index contributed by atoms with van der Waals surface area (Å²) in [6.45, 7) is 0.552. The average molecular weight is 463 g/mol. The molecule has 0 radical (unpaired) electrons. The SMILES string of the molecule is O=C(O)CC1C(=O)NCCN1C(=O)C1(NC(=O)OCC2c3ccccc3-c3ccccc32)CC1. The fourth-order valence-electron chi connectivity index (χ4n) is 4.95. The molecule has 9 heteroatoms. The predicted octanol–water partition coefficient (Wildman–Crippen LogP) is 1.86.